The Morgan fingerprint density at radius 1 is 1.31 bits per heavy atom. The van der Waals surface area contributed by atoms with Gasteiger partial charge in [0.15, 0.2) is 0 Å². The van der Waals surface area contributed by atoms with Gasteiger partial charge in [0.05, 0.1) is 0 Å². The van der Waals surface area contributed by atoms with E-state index in [2.05, 4.69) is 0 Å². The van der Waals surface area contributed by atoms with E-state index in [0.717, 1.165) is 0 Å². The van der Waals surface area contributed by atoms with Gasteiger partial charge in [0.1, 0.15) is 11.5 Å². The molecular weight excluding hydrogens is 208 g/mol. The van der Waals surface area contributed by atoms with Crippen molar-refractivity contribution in [2.45, 2.75) is 44.3 Å². The Morgan fingerprint density at radius 2 is 1.94 bits per heavy atom. The van der Waals surface area contributed by atoms with Crippen LogP contribution in [0.3, 0.4) is 0 Å². The molecule has 0 heterocycles. The second-order valence-corrected chi connectivity index (χ2v) is 4.77. The fourth-order valence-electron chi connectivity index (χ4n) is 2.26. The molecule has 1 nitrogen and oxygen atoms in total. The summed E-state index contributed by atoms with van der Waals surface area (Å²) in [5.74, 6) is -0.329. The smallest absolute Gasteiger partial charge is 0.136 e. The first kappa shape index (κ1) is 11.5. The summed E-state index contributed by atoms with van der Waals surface area (Å²) in [6.07, 6.45) is 2.14. The van der Waals surface area contributed by atoms with E-state index in [1.807, 2.05) is 0 Å². The second kappa shape index (κ2) is 4.13. The van der Waals surface area contributed by atoms with E-state index in [4.69, 9.17) is 5.73 Å². The summed E-state index contributed by atoms with van der Waals surface area (Å²) in [5.41, 5.74) is 5.38. The van der Waals surface area contributed by atoms with Crippen molar-refractivity contribution in [2.24, 2.45) is 5.73 Å². The van der Waals surface area contributed by atoms with Crippen LogP contribution >= 0.6 is 0 Å². The number of alkyl halides is 1. The minimum atomic E-state index is -1.38. The third-order valence-corrected chi connectivity index (χ3v) is 3.51. The molecule has 1 aliphatic carbocycles. The molecule has 88 valence electrons. The molecule has 0 bridgehead atoms. The van der Waals surface area contributed by atoms with Crippen LogP contribution in [0, 0.1) is 12.7 Å². The number of benzene rings is 1. The SMILES string of the molecule is Cc1ccc(C2(F)CCC(N)CC2)cc1F. The van der Waals surface area contributed by atoms with Crippen molar-refractivity contribution in [1.29, 1.82) is 0 Å². The van der Waals surface area contributed by atoms with E-state index in [0.29, 0.717) is 36.8 Å². The van der Waals surface area contributed by atoms with E-state index in [-0.39, 0.29) is 11.9 Å². The van der Waals surface area contributed by atoms with Crippen LogP contribution in [0.15, 0.2) is 18.2 Å². The quantitative estimate of drug-likeness (QED) is 0.780. The van der Waals surface area contributed by atoms with Crippen LogP contribution in [0.25, 0.3) is 0 Å². The molecule has 1 aromatic carbocycles. The molecule has 0 spiro atoms. The van der Waals surface area contributed by atoms with Crippen molar-refractivity contribution >= 4 is 0 Å². The normalized spacial score (nSPS) is 30.4. The molecule has 1 saturated carbocycles. The molecule has 16 heavy (non-hydrogen) atoms. The van der Waals surface area contributed by atoms with Crippen molar-refractivity contribution < 1.29 is 8.78 Å². The van der Waals surface area contributed by atoms with Gasteiger partial charge in [-0.3, -0.25) is 0 Å². The predicted molar refractivity (Wildman–Crippen MR) is 60.4 cm³/mol. The van der Waals surface area contributed by atoms with Crippen LogP contribution in [0.1, 0.15) is 36.8 Å². The lowest BCUT2D eigenvalue weighted by atomic mass is 9.79. The van der Waals surface area contributed by atoms with E-state index >= 15 is 0 Å². The molecule has 0 radical (unpaired) electrons. The average Bonchev–Trinajstić information content (AvgIpc) is 2.26. The second-order valence-electron chi connectivity index (χ2n) is 4.77. The van der Waals surface area contributed by atoms with Gasteiger partial charge in [-0.25, -0.2) is 8.78 Å². The molecule has 0 unspecified atom stereocenters. The summed E-state index contributed by atoms with van der Waals surface area (Å²) in [4.78, 5) is 0. The van der Waals surface area contributed by atoms with Gasteiger partial charge < -0.3 is 5.73 Å². The zero-order valence-corrected chi connectivity index (χ0v) is 9.47. The Labute approximate surface area is 94.7 Å². The van der Waals surface area contributed by atoms with Crippen molar-refractivity contribution in [3.05, 3.63) is 35.1 Å². The zero-order chi connectivity index (χ0) is 11.8. The van der Waals surface area contributed by atoms with E-state index in [1.165, 1.54) is 6.07 Å². The molecule has 1 aromatic rings. The van der Waals surface area contributed by atoms with E-state index < -0.39 is 5.67 Å². The number of halogens is 2. The highest BCUT2D eigenvalue weighted by Gasteiger charge is 2.36. The molecule has 0 aromatic heterocycles. The van der Waals surface area contributed by atoms with E-state index in [1.54, 1.807) is 19.1 Å². The first-order valence-corrected chi connectivity index (χ1v) is 5.72. The summed E-state index contributed by atoms with van der Waals surface area (Å²) in [5, 5.41) is 0. The maximum atomic E-state index is 14.6. The molecular formula is C13H17F2N. The number of rotatable bonds is 1. The molecule has 0 saturated heterocycles. The fraction of sp³-hybridized carbons (Fsp3) is 0.538. The van der Waals surface area contributed by atoms with E-state index in [9.17, 15) is 8.78 Å². The van der Waals surface area contributed by atoms with Gasteiger partial charge in [-0.2, -0.15) is 0 Å². The third-order valence-electron chi connectivity index (χ3n) is 3.51. The zero-order valence-electron chi connectivity index (χ0n) is 9.47. The first-order chi connectivity index (χ1) is 7.51. The maximum absolute atomic E-state index is 14.6. The van der Waals surface area contributed by atoms with Crippen LogP contribution in [0.5, 0.6) is 0 Å². The fourth-order valence-corrected chi connectivity index (χ4v) is 2.26. The lowest BCUT2D eigenvalue weighted by Crippen LogP contribution is -2.34. The van der Waals surface area contributed by atoms with Crippen molar-refractivity contribution in [3.8, 4) is 0 Å². The lowest BCUT2D eigenvalue weighted by molar-refractivity contribution is 0.0975. The number of aryl methyl sites for hydroxylation is 1. The number of hydrogen-bond donors (Lipinski definition) is 1. The van der Waals surface area contributed by atoms with Crippen LogP contribution in [0.2, 0.25) is 0 Å². The summed E-state index contributed by atoms with van der Waals surface area (Å²) in [6, 6.07) is 4.75. The Balaban J connectivity index is 2.25. The number of hydrogen-bond acceptors (Lipinski definition) is 1. The maximum Gasteiger partial charge on any atom is 0.136 e. The van der Waals surface area contributed by atoms with Crippen molar-refractivity contribution in [2.75, 3.05) is 0 Å². The minimum absolute atomic E-state index is 0.0965. The molecule has 0 atom stereocenters. The molecule has 0 amide bonds. The monoisotopic (exact) mass is 225 g/mol. The Kier molecular flexibility index (Phi) is 2.98. The molecule has 1 fully saturated rings. The van der Waals surface area contributed by atoms with Crippen LogP contribution in [-0.2, 0) is 5.67 Å². The molecule has 2 N–H and O–H groups in total. The van der Waals surface area contributed by atoms with Gasteiger partial charge in [-0.15, -0.1) is 0 Å². The van der Waals surface area contributed by atoms with Crippen LogP contribution in [-0.4, -0.2) is 6.04 Å². The predicted octanol–water partition coefficient (Wildman–Crippen LogP) is 3.20. The molecule has 3 heteroatoms. The van der Waals surface area contributed by atoms with Gasteiger partial charge in [-0.05, 0) is 49.8 Å². The Hall–Kier alpha value is -0.960. The first-order valence-electron chi connectivity index (χ1n) is 5.72. The van der Waals surface area contributed by atoms with Crippen molar-refractivity contribution in [3.63, 3.8) is 0 Å². The summed E-state index contributed by atoms with van der Waals surface area (Å²) in [7, 11) is 0. The minimum Gasteiger partial charge on any atom is -0.328 e. The molecule has 1 aliphatic rings. The van der Waals surface area contributed by atoms with Gasteiger partial charge >= 0.3 is 0 Å². The standard InChI is InChI=1S/C13H17F2N/c1-9-2-3-10(8-12(9)14)13(15)6-4-11(16)5-7-13/h2-3,8,11H,4-7,16H2,1H3. The average molecular weight is 225 g/mol. The topological polar surface area (TPSA) is 26.0 Å². The van der Waals surface area contributed by atoms with Crippen LogP contribution in [0.4, 0.5) is 8.78 Å². The summed E-state index contributed by atoms with van der Waals surface area (Å²) < 4.78 is 28.0. The van der Waals surface area contributed by atoms with Crippen LogP contribution < -0.4 is 5.73 Å². The molecule has 2 rings (SSSR count). The Bertz CT molecular complexity index is 382. The van der Waals surface area contributed by atoms with Crippen molar-refractivity contribution in [1.82, 2.24) is 0 Å². The molecule has 0 aliphatic heterocycles. The lowest BCUT2D eigenvalue weighted by Gasteiger charge is -2.33. The van der Waals surface area contributed by atoms with Gasteiger partial charge in [0.25, 0.3) is 0 Å². The Morgan fingerprint density at radius 3 is 2.50 bits per heavy atom. The number of nitrogens with two attached hydrogens (primary N) is 1. The summed E-state index contributed by atoms with van der Waals surface area (Å²) in [6.45, 7) is 1.68. The van der Waals surface area contributed by atoms with Gasteiger partial charge in [0.2, 0.25) is 0 Å². The van der Waals surface area contributed by atoms with Gasteiger partial charge in [0, 0.05) is 6.04 Å². The highest BCUT2D eigenvalue weighted by Crippen LogP contribution is 2.40. The van der Waals surface area contributed by atoms with Gasteiger partial charge in [-0.1, -0.05) is 12.1 Å². The third kappa shape index (κ3) is 2.09. The highest BCUT2D eigenvalue weighted by atomic mass is 19.1. The largest absolute Gasteiger partial charge is 0.328 e. The highest BCUT2D eigenvalue weighted by molar-refractivity contribution is 5.28. The summed E-state index contributed by atoms with van der Waals surface area (Å²) >= 11 is 0.